The van der Waals surface area contributed by atoms with Crippen molar-refractivity contribution in [1.29, 1.82) is 0 Å². The number of likely N-dealkylation sites (N-methyl/N-ethyl adjacent to an activating group) is 1. The molecular weight excluding hydrogens is 166 g/mol. The van der Waals surface area contributed by atoms with Crippen molar-refractivity contribution in [3.05, 3.63) is 12.2 Å². The molecular formula is C10H18NO2+. The monoisotopic (exact) mass is 184 g/mol. The highest BCUT2D eigenvalue weighted by molar-refractivity contribution is 5.70. The Kier molecular flexibility index (Phi) is 3.48. The molecule has 1 aliphatic heterocycles. The first-order valence-electron chi connectivity index (χ1n) is 4.80. The summed E-state index contributed by atoms with van der Waals surface area (Å²) in [6.45, 7) is 4.80. The van der Waals surface area contributed by atoms with Gasteiger partial charge in [-0.2, -0.15) is 0 Å². The summed E-state index contributed by atoms with van der Waals surface area (Å²) in [6, 6.07) is 0. The molecule has 0 spiro atoms. The highest BCUT2D eigenvalue weighted by Crippen LogP contribution is 2.10. The van der Waals surface area contributed by atoms with E-state index in [0.717, 1.165) is 24.0 Å². The van der Waals surface area contributed by atoms with Crippen LogP contribution in [-0.4, -0.2) is 43.7 Å². The average Bonchev–Trinajstić information content (AvgIpc) is 2.04. The molecule has 0 fully saturated rings. The van der Waals surface area contributed by atoms with Crippen LogP contribution in [0.5, 0.6) is 0 Å². The molecule has 0 aromatic carbocycles. The minimum Gasteiger partial charge on any atom is -0.462 e. The molecule has 0 aromatic heterocycles. The Morgan fingerprint density at radius 3 is 2.85 bits per heavy atom. The van der Waals surface area contributed by atoms with Crippen molar-refractivity contribution in [2.75, 3.05) is 33.3 Å². The average molecular weight is 184 g/mol. The van der Waals surface area contributed by atoms with E-state index in [2.05, 4.69) is 19.2 Å². The molecule has 74 valence electrons. The van der Waals surface area contributed by atoms with Gasteiger partial charge in [-0.05, 0) is 13.0 Å². The number of nitrogens with zero attached hydrogens (tertiary/aromatic N) is 1. The predicted octanol–water partition coefficient (Wildman–Crippen LogP) is 0.956. The molecule has 1 atom stereocenters. The Balaban J connectivity index is 2.41. The van der Waals surface area contributed by atoms with Gasteiger partial charge in [-0.25, -0.2) is 4.79 Å². The molecule has 0 bridgehead atoms. The molecule has 0 aliphatic carbocycles. The van der Waals surface area contributed by atoms with Crippen molar-refractivity contribution >= 4 is 5.97 Å². The molecule has 0 saturated heterocycles. The zero-order valence-corrected chi connectivity index (χ0v) is 8.45. The van der Waals surface area contributed by atoms with Crippen LogP contribution in [0.2, 0.25) is 0 Å². The van der Waals surface area contributed by atoms with Crippen molar-refractivity contribution in [2.24, 2.45) is 0 Å². The number of carbonyl (C=O) groups is 1. The number of ether oxygens (including phenoxy) is 1. The summed E-state index contributed by atoms with van der Waals surface area (Å²) in [6.07, 6.45) is 5.38. The Morgan fingerprint density at radius 2 is 2.31 bits per heavy atom. The Labute approximate surface area is 79.6 Å². The standard InChI is InChI=1S/C10H18NO2/c1-3-13-10(12)9-11(2)7-5-4-6-8-11/h4-5H,3,6-9H2,1-2H3/q+1. The van der Waals surface area contributed by atoms with Gasteiger partial charge >= 0.3 is 5.97 Å². The van der Waals surface area contributed by atoms with E-state index in [0.29, 0.717) is 13.2 Å². The van der Waals surface area contributed by atoms with E-state index < -0.39 is 0 Å². The number of carbonyl (C=O) groups excluding carboxylic acids is 1. The van der Waals surface area contributed by atoms with Gasteiger partial charge in [0, 0.05) is 6.42 Å². The lowest BCUT2D eigenvalue weighted by Gasteiger charge is -2.34. The summed E-state index contributed by atoms with van der Waals surface area (Å²) in [7, 11) is 2.10. The van der Waals surface area contributed by atoms with Gasteiger partial charge in [0.25, 0.3) is 0 Å². The first-order valence-corrected chi connectivity index (χ1v) is 4.80. The summed E-state index contributed by atoms with van der Waals surface area (Å²) in [4.78, 5) is 11.3. The third-order valence-corrected chi connectivity index (χ3v) is 2.36. The van der Waals surface area contributed by atoms with Gasteiger partial charge in [0.15, 0.2) is 6.54 Å². The fourth-order valence-corrected chi connectivity index (χ4v) is 1.59. The van der Waals surface area contributed by atoms with Crippen molar-refractivity contribution in [2.45, 2.75) is 13.3 Å². The zero-order chi connectivity index (χ0) is 9.73. The topological polar surface area (TPSA) is 26.3 Å². The maximum atomic E-state index is 11.3. The second kappa shape index (κ2) is 4.42. The van der Waals surface area contributed by atoms with Crippen LogP contribution in [0.3, 0.4) is 0 Å². The SMILES string of the molecule is CCOC(=O)C[N+]1(C)CC=CCC1. The lowest BCUT2D eigenvalue weighted by atomic mass is 10.2. The van der Waals surface area contributed by atoms with Gasteiger partial charge in [-0.15, -0.1) is 0 Å². The smallest absolute Gasteiger partial charge is 0.361 e. The van der Waals surface area contributed by atoms with E-state index in [-0.39, 0.29) is 5.97 Å². The third-order valence-electron chi connectivity index (χ3n) is 2.36. The van der Waals surface area contributed by atoms with Gasteiger partial charge in [0.1, 0.15) is 0 Å². The van der Waals surface area contributed by atoms with E-state index in [1.54, 1.807) is 0 Å². The predicted molar refractivity (Wildman–Crippen MR) is 51.2 cm³/mol. The van der Waals surface area contributed by atoms with Gasteiger partial charge in [-0.1, -0.05) is 6.08 Å². The van der Waals surface area contributed by atoms with E-state index in [1.165, 1.54) is 0 Å². The highest BCUT2D eigenvalue weighted by Gasteiger charge is 2.25. The molecule has 0 N–H and O–H groups in total. The summed E-state index contributed by atoms with van der Waals surface area (Å²) >= 11 is 0. The molecule has 0 amide bonds. The highest BCUT2D eigenvalue weighted by atomic mass is 16.5. The van der Waals surface area contributed by atoms with E-state index in [1.807, 2.05) is 6.92 Å². The van der Waals surface area contributed by atoms with Gasteiger partial charge in [-0.3, -0.25) is 0 Å². The summed E-state index contributed by atoms with van der Waals surface area (Å²) in [5, 5.41) is 0. The van der Waals surface area contributed by atoms with Crippen molar-refractivity contribution in [3.8, 4) is 0 Å². The number of hydrogen-bond acceptors (Lipinski definition) is 2. The fraction of sp³-hybridized carbons (Fsp3) is 0.700. The normalized spacial score (nSPS) is 27.2. The van der Waals surface area contributed by atoms with Crippen LogP contribution in [0.4, 0.5) is 0 Å². The number of hydrogen-bond donors (Lipinski definition) is 0. The van der Waals surface area contributed by atoms with E-state index in [9.17, 15) is 4.79 Å². The molecule has 0 radical (unpaired) electrons. The largest absolute Gasteiger partial charge is 0.462 e. The Bertz CT molecular complexity index is 213. The van der Waals surface area contributed by atoms with Crippen molar-refractivity contribution in [3.63, 3.8) is 0 Å². The van der Waals surface area contributed by atoms with Crippen molar-refractivity contribution in [1.82, 2.24) is 0 Å². The lowest BCUT2D eigenvalue weighted by Crippen LogP contribution is -2.49. The number of quaternary nitrogens is 1. The maximum Gasteiger partial charge on any atom is 0.361 e. The first kappa shape index (κ1) is 10.3. The molecule has 1 unspecified atom stereocenters. The molecule has 0 aromatic rings. The summed E-state index contributed by atoms with van der Waals surface area (Å²) < 4.78 is 5.72. The van der Waals surface area contributed by atoms with Crippen LogP contribution < -0.4 is 0 Å². The lowest BCUT2D eigenvalue weighted by molar-refractivity contribution is -0.898. The molecule has 3 nitrogen and oxygen atoms in total. The van der Waals surface area contributed by atoms with Crippen molar-refractivity contribution < 1.29 is 14.0 Å². The van der Waals surface area contributed by atoms with Crippen LogP contribution >= 0.6 is 0 Å². The second-order valence-corrected chi connectivity index (χ2v) is 3.75. The molecule has 13 heavy (non-hydrogen) atoms. The van der Waals surface area contributed by atoms with Crippen LogP contribution in [-0.2, 0) is 9.53 Å². The number of esters is 1. The maximum absolute atomic E-state index is 11.3. The minimum atomic E-state index is -0.0831. The van der Waals surface area contributed by atoms with Gasteiger partial charge in [0.05, 0.1) is 26.7 Å². The van der Waals surface area contributed by atoms with Gasteiger partial charge in [0.2, 0.25) is 0 Å². The molecule has 1 aliphatic rings. The van der Waals surface area contributed by atoms with Crippen LogP contribution in [0.15, 0.2) is 12.2 Å². The van der Waals surface area contributed by atoms with Crippen LogP contribution in [0.1, 0.15) is 13.3 Å². The third kappa shape index (κ3) is 3.19. The molecule has 1 heterocycles. The van der Waals surface area contributed by atoms with Crippen LogP contribution in [0.25, 0.3) is 0 Å². The second-order valence-electron chi connectivity index (χ2n) is 3.75. The van der Waals surface area contributed by atoms with Crippen LogP contribution in [0, 0.1) is 0 Å². The van der Waals surface area contributed by atoms with E-state index in [4.69, 9.17) is 4.74 Å². The zero-order valence-electron chi connectivity index (χ0n) is 8.45. The minimum absolute atomic E-state index is 0.0831. The fourth-order valence-electron chi connectivity index (χ4n) is 1.59. The summed E-state index contributed by atoms with van der Waals surface area (Å²) in [5.41, 5.74) is 0. The Morgan fingerprint density at radius 1 is 1.54 bits per heavy atom. The quantitative estimate of drug-likeness (QED) is 0.371. The van der Waals surface area contributed by atoms with E-state index >= 15 is 0 Å². The Hall–Kier alpha value is -0.830. The summed E-state index contributed by atoms with van der Waals surface area (Å²) in [5.74, 6) is -0.0831. The number of rotatable bonds is 3. The molecule has 0 saturated carbocycles. The van der Waals surface area contributed by atoms with Gasteiger partial charge < -0.3 is 9.22 Å². The molecule has 3 heteroatoms. The first-order chi connectivity index (χ1) is 6.16. The molecule has 1 rings (SSSR count).